The summed E-state index contributed by atoms with van der Waals surface area (Å²) in [7, 11) is 0. The second-order valence-electron chi connectivity index (χ2n) is 7.93. The number of nitrogens with zero attached hydrogens (tertiary/aromatic N) is 2. The lowest BCUT2D eigenvalue weighted by atomic mass is 9.70. The van der Waals surface area contributed by atoms with Crippen LogP contribution in [0.2, 0.25) is 0 Å². The van der Waals surface area contributed by atoms with Gasteiger partial charge in [-0.3, -0.25) is 0 Å². The van der Waals surface area contributed by atoms with Crippen LogP contribution >= 0.6 is 0 Å². The van der Waals surface area contributed by atoms with E-state index in [1.807, 2.05) is 0 Å². The van der Waals surface area contributed by atoms with Gasteiger partial charge in [-0.25, -0.2) is 0 Å². The SMILES string of the molecule is CC(C)(C)c1cc2c(nn1)C1(C)CC[C@H]2C1(C)C. The number of hydrogen-bond acceptors (Lipinski definition) is 2. The van der Waals surface area contributed by atoms with E-state index in [2.05, 4.69) is 57.8 Å². The predicted molar refractivity (Wildman–Crippen MR) is 73.8 cm³/mol. The van der Waals surface area contributed by atoms with E-state index in [0.717, 1.165) is 5.69 Å². The molecule has 1 fully saturated rings. The normalized spacial score (nSPS) is 32.7. The minimum atomic E-state index is 0.0922. The Hall–Kier alpha value is -0.920. The second-order valence-corrected chi connectivity index (χ2v) is 7.93. The fraction of sp³-hybridized carbons (Fsp3) is 0.750. The Bertz CT molecular complexity index is 510. The van der Waals surface area contributed by atoms with Gasteiger partial charge in [-0.1, -0.05) is 41.5 Å². The molecule has 2 aliphatic rings. The quantitative estimate of drug-likeness (QED) is 0.690. The van der Waals surface area contributed by atoms with Crippen LogP contribution in [0.25, 0.3) is 0 Å². The van der Waals surface area contributed by atoms with Gasteiger partial charge in [0.2, 0.25) is 0 Å². The zero-order chi connectivity index (χ0) is 13.3. The molecule has 2 bridgehead atoms. The molecule has 1 heterocycles. The van der Waals surface area contributed by atoms with Gasteiger partial charge in [0.15, 0.2) is 0 Å². The first-order chi connectivity index (χ1) is 8.18. The maximum atomic E-state index is 4.63. The van der Waals surface area contributed by atoms with Crippen molar-refractivity contribution in [2.45, 2.75) is 71.1 Å². The van der Waals surface area contributed by atoms with E-state index in [-0.39, 0.29) is 10.8 Å². The van der Waals surface area contributed by atoms with E-state index in [9.17, 15) is 0 Å². The summed E-state index contributed by atoms with van der Waals surface area (Å²) in [5, 5.41) is 9.13. The molecule has 0 amide bonds. The Morgan fingerprint density at radius 1 is 1.17 bits per heavy atom. The van der Waals surface area contributed by atoms with Crippen LogP contribution < -0.4 is 0 Å². The lowest BCUT2D eigenvalue weighted by Gasteiger charge is -2.34. The molecule has 18 heavy (non-hydrogen) atoms. The van der Waals surface area contributed by atoms with Crippen molar-refractivity contribution in [2.24, 2.45) is 5.41 Å². The summed E-state index contributed by atoms with van der Waals surface area (Å²) in [6.45, 7) is 13.8. The third-order valence-corrected chi connectivity index (χ3v) is 5.72. The average molecular weight is 244 g/mol. The lowest BCUT2D eigenvalue weighted by Crippen LogP contribution is -2.32. The molecule has 1 aromatic rings. The summed E-state index contributed by atoms with van der Waals surface area (Å²) < 4.78 is 0. The number of hydrogen-bond donors (Lipinski definition) is 0. The van der Waals surface area contributed by atoms with Gasteiger partial charge in [-0.15, -0.1) is 0 Å². The van der Waals surface area contributed by atoms with Crippen LogP contribution in [0.1, 0.15) is 77.3 Å². The van der Waals surface area contributed by atoms with Gasteiger partial charge in [-0.2, -0.15) is 10.2 Å². The average Bonchev–Trinajstić information content (AvgIpc) is 2.58. The Labute approximate surface area is 110 Å². The molecule has 0 radical (unpaired) electrons. The number of aromatic nitrogens is 2. The van der Waals surface area contributed by atoms with Gasteiger partial charge < -0.3 is 0 Å². The zero-order valence-corrected chi connectivity index (χ0v) is 12.5. The van der Waals surface area contributed by atoms with Gasteiger partial charge in [-0.05, 0) is 35.8 Å². The van der Waals surface area contributed by atoms with Crippen molar-refractivity contribution >= 4 is 0 Å². The van der Waals surface area contributed by atoms with E-state index in [1.165, 1.54) is 24.1 Å². The molecule has 0 spiro atoms. The van der Waals surface area contributed by atoms with E-state index in [4.69, 9.17) is 0 Å². The smallest absolute Gasteiger partial charge is 0.0730 e. The summed E-state index contributed by atoms with van der Waals surface area (Å²) in [6.07, 6.45) is 2.58. The molecule has 98 valence electrons. The van der Waals surface area contributed by atoms with Crippen molar-refractivity contribution in [2.75, 3.05) is 0 Å². The molecule has 0 aliphatic heterocycles. The number of fused-ring (bicyclic) bond motifs is 5. The highest BCUT2D eigenvalue weighted by Crippen LogP contribution is 2.67. The van der Waals surface area contributed by atoms with Crippen LogP contribution in [-0.2, 0) is 10.8 Å². The fourth-order valence-electron chi connectivity index (χ4n) is 3.94. The molecular weight excluding hydrogens is 220 g/mol. The van der Waals surface area contributed by atoms with Crippen molar-refractivity contribution in [1.82, 2.24) is 10.2 Å². The summed E-state index contributed by atoms with van der Waals surface area (Å²) in [5.41, 5.74) is 4.55. The third-order valence-electron chi connectivity index (χ3n) is 5.72. The molecule has 0 saturated heterocycles. The van der Waals surface area contributed by atoms with Crippen LogP contribution in [0.5, 0.6) is 0 Å². The third kappa shape index (κ3) is 1.24. The van der Waals surface area contributed by atoms with Gasteiger partial charge in [0, 0.05) is 10.8 Å². The molecule has 2 aliphatic carbocycles. The first kappa shape index (κ1) is 12.1. The second kappa shape index (κ2) is 3.15. The van der Waals surface area contributed by atoms with Crippen molar-refractivity contribution in [3.05, 3.63) is 23.0 Å². The summed E-state index contributed by atoms with van der Waals surface area (Å²) in [5.74, 6) is 0.675. The maximum Gasteiger partial charge on any atom is 0.0730 e. The first-order valence-electron chi connectivity index (χ1n) is 7.06. The van der Waals surface area contributed by atoms with E-state index >= 15 is 0 Å². The van der Waals surface area contributed by atoms with Crippen LogP contribution in [0.3, 0.4) is 0 Å². The lowest BCUT2D eigenvalue weighted by molar-refractivity contribution is 0.226. The molecule has 0 aromatic carbocycles. The van der Waals surface area contributed by atoms with Gasteiger partial charge >= 0.3 is 0 Å². The minimum Gasteiger partial charge on any atom is -0.155 e. The molecule has 1 saturated carbocycles. The van der Waals surface area contributed by atoms with Gasteiger partial charge in [0.25, 0.3) is 0 Å². The van der Waals surface area contributed by atoms with E-state index in [0.29, 0.717) is 11.3 Å². The topological polar surface area (TPSA) is 25.8 Å². The van der Waals surface area contributed by atoms with Crippen LogP contribution in [0.15, 0.2) is 6.07 Å². The first-order valence-corrected chi connectivity index (χ1v) is 7.06. The highest BCUT2D eigenvalue weighted by molar-refractivity contribution is 5.45. The largest absolute Gasteiger partial charge is 0.155 e. The molecule has 3 rings (SSSR count). The molecular formula is C16H24N2. The standard InChI is InChI=1S/C16H24N2/c1-14(2,3)12-9-10-11-7-8-16(6,15(11,4)5)13(10)18-17-12/h9,11H,7-8H2,1-6H3/t11-,16?/m1/s1. The van der Waals surface area contributed by atoms with Crippen LogP contribution in [0.4, 0.5) is 0 Å². The van der Waals surface area contributed by atoms with Gasteiger partial charge in [0.1, 0.15) is 0 Å². The minimum absolute atomic E-state index is 0.0922. The Balaban J connectivity index is 2.19. The molecule has 2 atom stereocenters. The molecule has 2 nitrogen and oxygen atoms in total. The highest BCUT2D eigenvalue weighted by atomic mass is 15.1. The summed E-state index contributed by atoms with van der Waals surface area (Å²) >= 11 is 0. The Kier molecular flexibility index (Phi) is 2.12. The van der Waals surface area contributed by atoms with E-state index in [1.54, 1.807) is 0 Å². The molecule has 1 unspecified atom stereocenters. The Morgan fingerprint density at radius 2 is 1.83 bits per heavy atom. The summed E-state index contributed by atoms with van der Waals surface area (Å²) in [6, 6.07) is 2.33. The van der Waals surface area contributed by atoms with Crippen molar-refractivity contribution in [1.29, 1.82) is 0 Å². The zero-order valence-electron chi connectivity index (χ0n) is 12.5. The monoisotopic (exact) mass is 244 g/mol. The molecule has 1 aromatic heterocycles. The van der Waals surface area contributed by atoms with Crippen molar-refractivity contribution in [3.8, 4) is 0 Å². The van der Waals surface area contributed by atoms with Gasteiger partial charge in [0.05, 0.1) is 11.4 Å². The molecule has 0 N–H and O–H groups in total. The molecule has 2 heteroatoms. The van der Waals surface area contributed by atoms with Crippen molar-refractivity contribution < 1.29 is 0 Å². The predicted octanol–water partition coefficient (Wildman–Crippen LogP) is 3.95. The van der Waals surface area contributed by atoms with Crippen LogP contribution in [0, 0.1) is 5.41 Å². The van der Waals surface area contributed by atoms with Crippen molar-refractivity contribution in [3.63, 3.8) is 0 Å². The highest BCUT2D eigenvalue weighted by Gasteiger charge is 2.60. The maximum absolute atomic E-state index is 4.63. The Morgan fingerprint density at radius 3 is 2.44 bits per heavy atom. The summed E-state index contributed by atoms with van der Waals surface area (Å²) in [4.78, 5) is 0. The van der Waals surface area contributed by atoms with Crippen LogP contribution in [-0.4, -0.2) is 10.2 Å². The fourth-order valence-corrected chi connectivity index (χ4v) is 3.94. The number of rotatable bonds is 0. The van der Waals surface area contributed by atoms with E-state index < -0.39 is 0 Å².